The lowest BCUT2D eigenvalue weighted by Gasteiger charge is -2.04. The quantitative estimate of drug-likeness (QED) is 0.502. The molecule has 2 aromatic heterocycles. The summed E-state index contributed by atoms with van der Waals surface area (Å²) in [6.45, 7) is 3.93. The van der Waals surface area contributed by atoms with Crippen molar-refractivity contribution in [1.82, 2.24) is 14.8 Å². The Hall–Kier alpha value is -3.93. The number of hydrogen-bond acceptors (Lipinski definition) is 4. The zero-order valence-corrected chi connectivity index (χ0v) is 16.2. The topological polar surface area (TPSA) is 73.0 Å². The van der Waals surface area contributed by atoms with Gasteiger partial charge in [0.1, 0.15) is 0 Å². The number of hydrogen-bond donors (Lipinski definition) is 1. The van der Waals surface area contributed by atoms with E-state index >= 15 is 0 Å². The molecule has 0 atom stereocenters. The lowest BCUT2D eigenvalue weighted by molar-refractivity contribution is -0.111. The highest BCUT2D eigenvalue weighted by Gasteiger charge is 2.11. The molecule has 1 N–H and O–H groups in total. The molecule has 4 rings (SSSR count). The van der Waals surface area contributed by atoms with Gasteiger partial charge >= 0.3 is 0 Å². The van der Waals surface area contributed by atoms with Crippen LogP contribution in [0.25, 0.3) is 23.1 Å². The highest BCUT2D eigenvalue weighted by molar-refractivity contribution is 6.02. The predicted molar refractivity (Wildman–Crippen MR) is 113 cm³/mol. The van der Waals surface area contributed by atoms with Gasteiger partial charge in [0.05, 0.1) is 17.6 Å². The summed E-state index contributed by atoms with van der Waals surface area (Å²) in [6.07, 6.45) is 6.36. The first-order valence-corrected chi connectivity index (χ1v) is 9.21. The molecule has 2 aromatic carbocycles. The zero-order valence-electron chi connectivity index (χ0n) is 16.2. The Morgan fingerprint density at radius 1 is 1.07 bits per heavy atom. The standard InChI is InChI=1S/C23H20N4O2/c1-16-21(17(2)27(26-16)20-6-4-3-5-7-20)12-13-23(28)25-19-10-8-18(9-11-19)22-14-24-15-29-22/h3-15H,1-2H3,(H,25,28). The van der Waals surface area contributed by atoms with Crippen molar-refractivity contribution in [1.29, 1.82) is 0 Å². The van der Waals surface area contributed by atoms with Gasteiger partial charge in [-0.3, -0.25) is 4.79 Å². The van der Waals surface area contributed by atoms with E-state index < -0.39 is 0 Å². The summed E-state index contributed by atoms with van der Waals surface area (Å²) in [5.74, 6) is 0.479. The molecular weight excluding hydrogens is 364 g/mol. The molecule has 0 aliphatic carbocycles. The summed E-state index contributed by atoms with van der Waals surface area (Å²) in [6, 6.07) is 17.3. The Kier molecular flexibility index (Phi) is 5.07. The van der Waals surface area contributed by atoms with Crippen LogP contribution in [0.2, 0.25) is 0 Å². The van der Waals surface area contributed by atoms with Gasteiger partial charge in [0.25, 0.3) is 0 Å². The summed E-state index contributed by atoms with van der Waals surface area (Å²) in [7, 11) is 0. The molecule has 0 saturated carbocycles. The molecule has 29 heavy (non-hydrogen) atoms. The van der Waals surface area contributed by atoms with Crippen LogP contribution in [0.4, 0.5) is 5.69 Å². The number of oxazole rings is 1. The van der Waals surface area contributed by atoms with E-state index in [0.29, 0.717) is 11.4 Å². The van der Waals surface area contributed by atoms with Crippen molar-refractivity contribution in [2.75, 3.05) is 5.32 Å². The molecule has 1 amide bonds. The van der Waals surface area contributed by atoms with Gasteiger partial charge in [-0.1, -0.05) is 18.2 Å². The normalized spacial score (nSPS) is 11.1. The second kappa shape index (κ2) is 7.98. The summed E-state index contributed by atoms with van der Waals surface area (Å²) in [5.41, 5.74) is 5.38. The average Bonchev–Trinajstić information content (AvgIpc) is 3.37. The Morgan fingerprint density at radius 3 is 2.52 bits per heavy atom. The van der Waals surface area contributed by atoms with E-state index in [0.717, 1.165) is 28.2 Å². The number of aromatic nitrogens is 3. The number of carbonyl (C=O) groups excluding carboxylic acids is 1. The summed E-state index contributed by atoms with van der Waals surface area (Å²) in [5, 5.41) is 7.46. The van der Waals surface area contributed by atoms with Crippen LogP contribution >= 0.6 is 0 Å². The first-order chi connectivity index (χ1) is 14.1. The van der Waals surface area contributed by atoms with Gasteiger partial charge in [-0.25, -0.2) is 9.67 Å². The minimum absolute atomic E-state index is 0.205. The molecule has 0 saturated heterocycles. The van der Waals surface area contributed by atoms with Gasteiger partial charge in [0.2, 0.25) is 5.91 Å². The maximum Gasteiger partial charge on any atom is 0.248 e. The zero-order chi connectivity index (χ0) is 20.2. The van der Waals surface area contributed by atoms with Crippen molar-refractivity contribution in [3.63, 3.8) is 0 Å². The maximum atomic E-state index is 12.3. The number of anilines is 1. The molecule has 6 heteroatoms. The fourth-order valence-corrected chi connectivity index (χ4v) is 3.14. The van der Waals surface area contributed by atoms with Crippen molar-refractivity contribution in [3.05, 3.63) is 90.2 Å². The number of aryl methyl sites for hydroxylation is 1. The van der Waals surface area contributed by atoms with E-state index in [1.807, 2.05) is 73.1 Å². The molecule has 2 heterocycles. The maximum absolute atomic E-state index is 12.3. The van der Waals surface area contributed by atoms with Crippen LogP contribution in [0.5, 0.6) is 0 Å². The SMILES string of the molecule is Cc1nn(-c2ccccc2)c(C)c1C=CC(=O)Nc1ccc(-c2cnco2)cc1. The molecule has 0 fully saturated rings. The van der Waals surface area contributed by atoms with Crippen LogP contribution in [0, 0.1) is 13.8 Å². The summed E-state index contributed by atoms with van der Waals surface area (Å²) < 4.78 is 7.15. The van der Waals surface area contributed by atoms with Crippen molar-refractivity contribution < 1.29 is 9.21 Å². The van der Waals surface area contributed by atoms with Crippen molar-refractivity contribution in [3.8, 4) is 17.0 Å². The first-order valence-electron chi connectivity index (χ1n) is 9.21. The van der Waals surface area contributed by atoms with E-state index in [2.05, 4.69) is 15.4 Å². The van der Waals surface area contributed by atoms with E-state index in [-0.39, 0.29) is 5.91 Å². The number of para-hydroxylation sites is 1. The molecule has 0 radical (unpaired) electrons. The molecule has 4 aromatic rings. The van der Waals surface area contributed by atoms with E-state index in [9.17, 15) is 4.79 Å². The van der Waals surface area contributed by atoms with Gasteiger partial charge in [0, 0.05) is 28.6 Å². The average molecular weight is 384 g/mol. The second-order valence-electron chi connectivity index (χ2n) is 6.60. The van der Waals surface area contributed by atoms with Crippen LogP contribution in [0.1, 0.15) is 17.0 Å². The lowest BCUT2D eigenvalue weighted by Crippen LogP contribution is -2.07. The summed E-state index contributed by atoms with van der Waals surface area (Å²) >= 11 is 0. The third-order valence-corrected chi connectivity index (χ3v) is 4.62. The predicted octanol–water partition coefficient (Wildman–Crippen LogP) is 4.80. The first kappa shape index (κ1) is 18.4. The van der Waals surface area contributed by atoms with Gasteiger partial charge in [-0.05, 0) is 56.3 Å². The van der Waals surface area contributed by atoms with Crippen LogP contribution < -0.4 is 5.32 Å². The van der Waals surface area contributed by atoms with Crippen LogP contribution in [-0.2, 0) is 4.79 Å². The highest BCUT2D eigenvalue weighted by atomic mass is 16.3. The van der Waals surface area contributed by atoms with Crippen molar-refractivity contribution in [2.45, 2.75) is 13.8 Å². The van der Waals surface area contributed by atoms with Crippen molar-refractivity contribution in [2.24, 2.45) is 0 Å². The van der Waals surface area contributed by atoms with Crippen LogP contribution in [0.15, 0.2) is 77.7 Å². The van der Waals surface area contributed by atoms with E-state index in [1.165, 1.54) is 12.5 Å². The molecule has 0 aliphatic rings. The second-order valence-corrected chi connectivity index (χ2v) is 6.60. The number of benzene rings is 2. The number of nitrogens with one attached hydrogen (secondary N) is 1. The Balaban J connectivity index is 1.47. The Bertz CT molecular complexity index is 1140. The number of carbonyl (C=O) groups is 1. The van der Waals surface area contributed by atoms with E-state index in [4.69, 9.17) is 4.42 Å². The minimum Gasteiger partial charge on any atom is -0.444 e. The molecule has 0 spiro atoms. The van der Waals surface area contributed by atoms with Gasteiger partial charge in [0.15, 0.2) is 12.2 Å². The fraction of sp³-hybridized carbons (Fsp3) is 0.0870. The monoisotopic (exact) mass is 384 g/mol. The molecule has 0 unspecified atom stereocenters. The fourth-order valence-electron chi connectivity index (χ4n) is 3.14. The molecular formula is C23H20N4O2. The Morgan fingerprint density at radius 2 is 1.83 bits per heavy atom. The smallest absolute Gasteiger partial charge is 0.248 e. The van der Waals surface area contributed by atoms with Crippen LogP contribution in [0.3, 0.4) is 0 Å². The number of nitrogens with zero attached hydrogens (tertiary/aromatic N) is 3. The lowest BCUT2D eigenvalue weighted by atomic mass is 10.1. The highest BCUT2D eigenvalue weighted by Crippen LogP contribution is 2.21. The molecule has 144 valence electrons. The van der Waals surface area contributed by atoms with Gasteiger partial charge < -0.3 is 9.73 Å². The van der Waals surface area contributed by atoms with Gasteiger partial charge in [-0.2, -0.15) is 5.10 Å². The molecule has 0 aliphatic heterocycles. The van der Waals surface area contributed by atoms with Crippen LogP contribution in [-0.4, -0.2) is 20.7 Å². The number of amides is 1. The number of rotatable bonds is 5. The van der Waals surface area contributed by atoms with E-state index in [1.54, 1.807) is 12.3 Å². The summed E-state index contributed by atoms with van der Waals surface area (Å²) in [4.78, 5) is 16.3. The molecule has 0 bridgehead atoms. The van der Waals surface area contributed by atoms with Gasteiger partial charge in [-0.15, -0.1) is 0 Å². The minimum atomic E-state index is -0.205. The largest absolute Gasteiger partial charge is 0.444 e. The molecule has 6 nitrogen and oxygen atoms in total. The van der Waals surface area contributed by atoms with Crippen molar-refractivity contribution >= 4 is 17.7 Å². The third-order valence-electron chi connectivity index (χ3n) is 4.62. The Labute approximate surface area is 168 Å². The third kappa shape index (κ3) is 4.01.